The summed E-state index contributed by atoms with van der Waals surface area (Å²) in [6.45, 7) is 0. The Balaban J connectivity index is 2.39. The number of fused-ring (bicyclic) bond motifs is 2. The average molecular weight is 221 g/mol. The summed E-state index contributed by atoms with van der Waals surface area (Å²) >= 11 is 0. The maximum absolute atomic E-state index is 10.7. The Bertz CT molecular complexity index is 731. The molecule has 0 atom stereocenters. The number of rotatable bonds is 1. The first-order chi connectivity index (χ1) is 8.26. The number of hydrogen-bond acceptors (Lipinski definition) is 2. The van der Waals surface area contributed by atoms with Crippen LogP contribution in [-0.4, -0.2) is 6.29 Å². The second kappa shape index (κ2) is 3.59. The minimum absolute atomic E-state index is 0.701. The van der Waals surface area contributed by atoms with Crippen molar-refractivity contribution in [1.29, 1.82) is 0 Å². The third-order valence-electron chi connectivity index (χ3n) is 2.98. The molecule has 0 amide bonds. The topological polar surface area (TPSA) is 43.1 Å². The molecule has 3 rings (SSSR count). The van der Waals surface area contributed by atoms with Crippen molar-refractivity contribution in [2.45, 2.75) is 0 Å². The van der Waals surface area contributed by atoms with Gasteiger partial charge in [0.15, 0.2) is 0 Å². The Labute approximate surface area is 98.7 Å². The maximum Gasteiger partial charge on any atom is 0.150 e. The molecule has 0 saturated heterocycles. The highest BCUT2D eigenvalue weighted by Crippen LogP contribution is 2.25. The second-order valence-electron chi connectivity index (χ2n) is 4.18. The van der Waals surface area contributed by atoms with E-state index < -0.39 is 0 Å². The molecule has 0 unspecified atom stereocenters. The number of benzene rings is 3. The van der Waals surface area contributed by atoms with E-state index >= 15 is 0 Å². The highest BCUT2D eigenvalue weighted by Gasteiger charge is 2.00. The molecule has 3 aromatic rings. The van der Waals surface area contributed by atoms with Gasteiger partial charge in [0.1, 0.15) is 6.29 Å². The number of anilines is 1. The van der Waals surface area contributed by atoms with E-state index in [4.69, 9.17) is 5.73 Å². The monoisotopic (exact) mass is 221 g/mol. The summed E-state index contributed by atoms with van der Waals surface area (Å²) in [6, 6.07) is 15.7. The normalized spacial score (nSPS) is 10.8. The first-order valence-electron chi connectivity index (χ1n) is 5.44. The van der Waals surface area contributed by atoms with Crippen molar-refractivity contribution in [3.63, 3.8) is 0 Å². The van der Waals surface area contributed by atoms with Crippen molar-refractivity contribution in [3.8, 4) is 0 Å². The van der Waals surface area contributed by atoms with Gasteiger partial charge >= 0.3 is 0 Å². The molecule has 2 heteroatoms. The van der Waals surface area contributed by atoms with Crippen LogP contribution in [0.25, 0.3) is 21.5 Å². The van der Waals surface area contributed by atoms with Crippen LogP contribution in [0.5, 0.6) is 0 Å². The molecule has 2 nitrogen and oxygen atoms in total. The molecule has 0 saturated carbocycles. The number of hydrogen-bond donors (Lipinski definition) is 1. The van der Waals surface area contributed by atoms with Crippen LogP contribution in [0.4, 0.5) is 5.69 Å². The standard InChI is InChI=1S/C15H11NO/c16-15-4-3-12-6-13-5-10(9-17)1-2-11(13)7-14(12)8-15/h1-9H,16H2. The van der Waals surface area contributed by atoms with Crippen LogP contribution in [-0.2, 0) is 0 Å². The molecule has 0 aromatic heterocycles. The van der Waals surface area contributed by atoms with E-state index in [1.807, 2.05) is 36.4 Å². The zero-order chi connectivity index (χ0) is 11.8. The Morgan fingerprint density at radius 3 is 2.12 bits per heavy atom. The molecule has 0 aliphatic rings. The lowest BCUT2D eigenvalue weighted by Gasteiger charge is -2.04. The minimum Gasteiger partial charge on any atom is -0.399 e. The van der Waals surface area contributed by atoms with E-state index in [1.165, 1.54) is 0 Å². The first-order valence-corrected chi connectivity index (χ1v) is 5.44. The molecule has 2 N–H and O–H groups in total. The summed E-state index contributed by atoms with van der Waals surface area (Å²) in [7, 11) is 0. The summed E-state index contributed by atoms with van der Waals surface area (Å²) < 4.78 is 0. The highest BCUT2D eigenvalue weighted by atomic mass is 16.1. The number of nitrogen functional groups attached to an aromatic ring is 1. The van der Waals surface area contributed by atoms with Crippen LogP contribution in [0, 0.1) is 0 Å². The quantitative estimate of drug-likeness (QED) is 0.389. The fourth-order valence-electron chi connectivity index (χ4n) is 2.11. The third-order valence-corrected chi connectivity index (χ3v) is 2.98. The van der Waals surface area contributed by atoms with Gasteiger partial charge in [-0.25, -0.2) is 0 Å². The van der Waals surface area contributed by atoms with Crippen molar-refractivity contribution in [1.82, 2.24) is 0 Å². The van der Waals surface area contributed by atoms with Crippen molar-refractivity contribution in [2.24, 2.45) is 0 Å². The molecular weight excluding hydrogens is 210 g/mol. The second-order valence-corrected chi connectivity index (χ2v) is 4.18. The Hall–Kier alpha value is -2.35. The lowest BCUT2D eigenvalue weighted by Crippen LogP contribution is -1.85. The van der Waals surface area contributed by atoms with Gasteiger partial charge in [-0.05, 0) is 51.9 Å². The lowest BCUT2D eigenvalue weighted by molar-refractivity contribution is 0.112. The van der Waals surface area contributed by atoms with Gasteiger partial charge in [0.05, 0.1) is 0 Å². The summed E-state index contributed by atoms with van der Waals surface area (Å²) in [5, 5.41) is 4.45. The van der Waals surface area contributed by atoms with Crippen molar-refractivity contribution >= 4 is 33.5 Å². The van der Waals surface area contributed by atoms with Crippen LogP contribution < -0.4 is 5.73 Å². The van der Waals surface area contributed by atoms with E-state index in [0.717, 1.165) is 33.5 Å². The lowest BCUT2D eigenvalue weighted by atomic mass is 10.0. The molecular formula is C15H11NO. The molecule has 0 aliphatic carbocycles. The molecule has 17 heavy (non-hydrogen) atoms. The maximum atomic E-state index is 10.7. The van der Waals surface area contributed by atoms with Crippen molar-refractivity contribution in [3.05, 3.63) is 54.1 Å². The molecule has 0 fully saturated rings. The van der Waals surface area contributed by atoms with Crippen LogP contribution in [0.3, 0.4) is 0 Å². The zero-order valence-electron chi connectivity index (χ0n) is 9.18. The van der Waals surface area contributed by atoms with Crippen LogP contribution >= 0.6 is 0 Å². The van der Waals surface area contributed by atoms with Gasteiger partial charge in [0.2, 0.25) is 0 Å². The SMILES string of the molecule is Nc1ccc2cc3cc(C=O)ccc3cc2c1. The van der Waals surface area contributed by atoms with Gasteiger partial charge in [0.25, 0.3) is 0 Å². The summed E-state index contributed by atoms with van der Waals surface area (Å²) in [4.78, 5) is 10.7. The summed E-state index contributed by atoms with van der Waals surface area (Å²) in [5.41, 5.74) is 7.23. The van der Waals surface area contributed by atoms with Gasteiger partial charge in [-0.3, -0.25) is 4.79 Å². The first kappa shape index (κ1) is 9.85. The van der Waals surface area contributed by atoms with E-state index in [1.54, 1.807) is 0 Å². The number of carbonyl (C=O) groups is 1. The number of nitrogens with two attached hydrogens (primary N) is 1. The Morgan fingerprint density at radius 2 is 1.41 bits per heavy atom. The number of carbonyl (C=O) groups excluding carboxylic acids is 1. The van der Waals surface area contributed by atoms with Crippen molar-refractivity contribution in [2.75, 3.05) is 5.73 Å². The van der Waals surface area contributed by atoms with Gasteiger partial charge in [-0.1, -0.05) is 18.2 Å². The van der Waals surface area contributed by atoms with Gasteiger partial charge < -0.3 is 5.73 Å². The van der Waals surface area contributed by atoms with E-state index in [9.17, 15) is 4.79 Å². The third kappa shape index (κ3) is 1.64. The van der Waals surface area contributed by atoms with Gasteiger partial charge in [0, 0.05) is 11.3 Å². The predicted molar refractivity (Wildman–Crippen MR) is 71.3 cm³/mol. The van der Waals surface area contributed by atoms with E-state index in [-0.39, 0.29) is 0 Å². The molecule has 0 spiro atoms. The fraction of sp³-hybridized carbons (Fsp3) is 0. The van der Waals surface area contributed by atoms with Gasteiger partial charge in [-0.15, -0.1) is 0 Å². The van der Waals surface area contributed by atoms with Gasteiger partial charge in [-0.2, -0.15) is 0 Å². The van der Waals surface area contributed by atoms with E-state index in [0.29, 0.717) is 5.56 Å². The summed E-state index contributed by atoms with van der Waals surface area (Å²) in [6.07, 6.45) is 0.868. The highest BCUT2D eigenvalue weighted by molar-refractivity contribution is 6.00. The average Bonchev–Trinajstić information content (AvgIpc) is 2.35. The Kier molecular flexibility index (Phi) is 2.08. The van der Waals surface area contributed by atoms with Crippen molar-refractivity contribution < 1.29 is 4.79 Å². The molecule has 82 valence electrons. The molecule has 0 radical (unpaired) electrons. The molecule has 0 aliphatic heterocycles. The van der Waals surface area contributed by atoms with E-state index in [2.05, 4.69) is 12.1 Å². The largest absolute Gasteiger partial charge is 0.399 e. The fourth-order valence-corrected chi connectivity index (χ4v) is 2.11. The van der Waals surface area contributed by atoms with Crippen LogP contribution in [0.1, 0.15) is 10.4 Å². The molecule has 0 heterocycles. The predicted octanol–water partition coefficient (Wildman–Crippen LogP) is 3.39. The molecule has 3 aromatic carbocycles. The van der Waals surface area contributed by atoms with Crippen LogP contribution in [0.15, 0.2) is 48.5 Å². The van der Waals surface area contributed by atoms with Crippen LogP contribution in [0.2, 0.25) is 0 Å². The summed E-state index contributed by atoms with van der Waals surface area (Å²) in [5.74, 6) is 0. The zero-order valence-corrected chi connectivity index (χ0v) is 9.18. The molecule has 0 bridgehead atoms. The Morgan fingerprint density at radius 1 is 0.765 bits per heavy atom. The smallest absolute Gasteiger partial charge is 0.150 e. The number of aldehydes is 1. The minimum atomic E-state index is 0.701.